The second kappa shape index (κ2) is 11.2. The van der Waals surface area contributed by atoms with Crippen LogP contribution in [0, 0.1) is 0 Å². The van der Waals surface area contributed by atoms with Crippen LogP contribution in [0.25, 0.3) is 5.69 Å². The molecule has 1 aliphatic rings. The molecule has 1 saturated heterocycles. The van der Waals surface area contributed by atoms with E-state index >= 15 is 0 Å². The molecular formula is C25H31ClN6O2S. The number of nitrogens with one attached hydrogen (secondary N) is 1. The van der Waals surface area contributed by atoms with Crippen molar-refractivity contribution < 1.29 is 5.11 Å². The zero-order valence-electron chi connectivity index (χ0n) is 20.0. The minimum Gasteiger partial charge on any atom is -0.386 e. The number of rotatable bonds is 7. The van der Waals surface area contributed by atoms with E-state index in [1.807, 2.05) is 38.1 Å². The predicted molar refractivity (Wildman–Crippen MR) is 144 cm³/mol. The summed E-state index contributed by atoms with van der Waals surface area (Å²) in [5, 5.41) is 19.9. The minimum atomic E-state index is -0.875. The molecule has 0 amide bonds. The first kappa shape index (κ1) is 25.2. The van der Waals surface area contributed by atoms with Crippen LogP contribution < -0.4 is 15.9 Å². The lowest BCUT2D eigenvalue weighted by molar-refractivity contribution is 0.101. The number of thiocarbonyl (C=S) groups is 1. The van der Waals surface area contributed by atoms with Crippen molar-refractivity contribution >= 4 is 34.6 Å². The van der Waals surface area contributed by atoms with Gasteiger partial charge in [0.25, 0.3) is 0 Å². The topological polar surface area (TPSA) is 78.6 Å². The Morgan fingerprint density at radius 3 is 2.29 bits per heavy atom. The maximum absolute atomic E-state index is 13.2. The third kappa shape index (κ3) is 5.52. The van der Waals surface area contributed by atoms with Gasteiger partial charge in [-0.1, -0.05) is 30.7 Å². The molecule has 3 aromatic rings. The maximum Gasteiger partial charge on any atom is 0.350 e. The number of aliphatic hydroxyl groups excluding tert-OH is 1. The Bertz CT molecular complexity index is 1190. The molecule has 2 heterocycles. The standard InChI is InChI=1S/C25H31ClN6O2S/c1-3-22(23(33)18-5-7-19(26)8-6-18)32-25(34)31(17-28-32)21-11-9-20(10-12-21)29-13-15-30(16-14-29)24(35)27-4-2/h5-12,17,22-23,33H,3-4,13-16H2,1-2H3,(H,27,35)/t22-,23-/m1/s1. The molecule has 0 saturated carbocycles. The summed E-state index contributed by atoms with van der Waals surface area (Å²) in [6, 6.07) is 14.4. The highest BCUT2D eigenvalue weighted by Crippen LogP contribution is 2.28. The summed E-state index contributed by atoms with van der Waals surface area (Å²) in [6.07, 6.45) is 1.18. The van der Waals surface area contributed by atoms with Gasteiger partial charge in [0.15, 0.2) is 5.11 Å². The van der Waals surface area contributed by atoms with Crippen LogP contribution in [0.1, 0.15) is 38.0 Å². The molecule has 1 fully saturated rings. The van der Waals surface area contributed by atoms with Gasteiger partial charge < -0.3 is 20.2 Å². The number of aromatic nitrogens is 3. The number of piperazine rings is 1. The van der Waals surface area contributed by atoms with Crippen molar-refractivity contribution in [3.05, 3.63) is 75.9 Å². The molecule has 0 radical (unpaired) electrons. The van der Waals surface area contributed by atoms with Crippen molar-refractivity contribution in [1.29, 1.82) is 0 Å². The van der Waals surface area contributed by atoms with Crippen LogP contribution >= 0.6 is 23.8 Å². The van der Waals surface area contributed by atoms with Gasteiger partial charge in [0, 0.05) is 43.4 Å². The van der Waals surface area contributed by atoms with E-state index < -0.39 is 12.1 Å². The summed E-state index contributed by atoms with van der Waals surface area (Å²) < 4.78 is 2.87. The van der Waals surface area contributed by atoms with Crippen molar-refractivity contribution in [1.82, 2.24) is 24.6 Å². The quantitative estimate of drug-likeness (QED) is 0.468. The van der Waals surface area contributed by atoms with Gasteiger partial charge in [0.2, 0.25) is 0 Å². The zero-order valence-corrected chi connectivity index (χ0v) is 21.5. The summed E-state index contributed by atoms with van der Waals surface area (Å²) in [6.45, 7) is 8.29. The van der Waals surface area contributed by atoms with Gasteiger partial charge in [-0.2, -0.15) is 5.10 Å². The summed E-state index contributed by atoms with van der Waals surface area (Å²) in [4.78, 5) is 17.7. The average molecular weight is 515 g/mol. The predicted octanol–water partition coefficient (Wildman–Crippen LogP) is 3.39. The van der Waals surface area contributed by atoms with E-state index in [4.69, 9.17) is 23.8 Å². The van der Waals surface area contributed by atoms with E-state index in [1.54, 1.807) is 24.3 Å². The van der Waals surface area contributed by atoms with Gasteiger partial charge in [-0.05, 0) is 67.5 Å². The van der Waals surface area contributed by atoms with Crippen molar-refractivity contribution in [3.8, 4) is 5.69 Å². The second-order valence-corrected chi connectivity index (χ2v) is 9.35. The molecule has 10 heteroatoms. The first-order valence-electron chi connectivity index (χ1n) is 11.9. The Morgan fingerprint density at radius 1 is 1.06 bits per heavy atom. The summed E-state index contributed by atoms with van der Waals surface area (Å²) in [7, 11) is 0. The molecule has 2 aromatic carbocycles. The Hall–Kier alpha value is -2.88. The van der Waals surface area contributed by atoms with Crippen molar-refractivity contribution in [2.45, 2.75) is 32.4 Å². The molecule has 8 nitrogen and oxygen atoms in total. The van der Waals surface area contributed by atoms with Crippen LogP contribution in [-0.2, 0) is 0 Å². The maximum atomic E-state index is 13.2. The van der Waals surface area contributed by atoms with Gasteiger partial charge in [0.05, 0.1) is 11.7 Å². The summed E-state index contributed by atoms with van der Waals surface area (Å²) >= 11 is 11.4. The van der Waals surface area contributed by atoms with E-state index in [-0.39, 0.29) is 5.69 Å². The SMILES string of the molecule is CCNC(=S)N1CCN(c2ccc(-n3cnn([C@H](CC)[C@H](O)c4ccc(Cl)cc4)c3=O)cc2)CC1. The highest BCUT2D eigenvalue weighted by molar-refractivity contribution is 7.80. The molecule has 0 unspecified atom stereocenters. The van der Waals surface area contributed by atoms with Gasteiger partial charge in [-0.15, -0.1) is 0 Å². The fourth-order valence-electron chi connectivity index (χ4n) is 4.39. The third-order valence-electron chi connectivity index (χ3n) is 6.39. The van der Waals surface area contributed by atoms with E-state index in [2.05, 4.69) is 20.2 Å². The lowest BCUT2D eigenvalue weighted by Gasteiger charge is -2.37. The van der Waals surface area contributed by atoms with Crippen LogP contribution in [0.3, 0.4) is 0 Å². The average Bonchev–Trinajstić information content (AvgIpc) is 3.26. The Morgan fingerprint density at radius 2 is 1.69 bits per heavy atom. The number of anilines is 1. The zero-order chi connectivity index (χ0) is 24.9. The molecule has 1 aliphatic heterocycles. The first-order chi connectivity index (χ1) is 16.9. The van der Waals surface area contributed by atoms with Crippen LogP contribution in [0.4, 0.5) is 5.69 Å². The molecule has 4 rings (SSSR count). The number of halogens is 1. The number of hydrogen-bond acceptors (Lipinski definition) is 5. The van der Waals surface area contributed by atoms with E-state index in [9.17, 15) is 9.90 Å². The Balaban J connectivity index is 1.47. The third-order valence-corrected chi connectivity index (χ3v) is 7.04. The summed E-state index contributed by atoms with van der Waals surface area (Å²) in [5.74, 6) is 0. The lowest BCUT2D eigenvalue weighted by Crippen LogP contribution is -2.51. The smallest absolute Gasteiger partial charge is 0.350 e. The second-order valence-electron chi connectivity index (χ2n) is 8.53. The van der Waals surface area contributed by atoms with Crippen LogP contribution in [-0.4, -0.2) is 62.2 Å². The molecule has 1 aromatic heterocycles. The normalized spacial score (nSPS) is 15.7. The number of benzene rings is 2. The van der Waals surface area contributed by atoms with Crippen molar-refractivity contribution in [3.63, 3.8) is 0 Å². The van der Waals surface area contributed by atoms with Crippen LogP contribution in [0.5, 0.6) is 0 Å². The Kier molecular flexibility index (Phi) is 8.10. The van der Waals surface area contributed by atoms with Gasteiger partial charge in [-0.3, -0.25) is 0 Å². The van der Waals surface area contributed by atoms with Gasteiger partial charge >= 0.3 is 5.69 Å². The molecule has 0 bridgehead atoms. The first-order valence-corrected chi connectivity index (χ1v) is 12.7. The monoisotopic (exact) mass is 514 g/mol. The highest BCUT2D eigenvalue weighted by atomic mass is 35.5. The minimum absolute atomic E-state index is 0.289. The Labute approximate surface area is 215 Å². The van der Waals surface area contributed by atoms with Gasteiger partial charge in [0.1, 0.15) is 12.4 Å². The van der Waals surface area contributed by atoms with Gasteiger partial charge in [-0.25, -0.2) is 14.0 Å². The van der Waals surface area contributed by atoms with E-state index in [0.717, 1.165) is 49.2 Å². The molecular weight excluding hydrogens is 484 g/mol. The molecule has 186 valence electrons. The number of hydrogen-bond donors (Lipinski definition) is 2. The largest absolute Gasteiger partial charge is 0.386 e. The lowest BCUT2D eigenvalue weighted by atomic mass is 10.0. The molecule has 2 atom stereocenters. The molecule has 2 N–H and O–H groups in total. The molecule has 35 heavy (non-hydrogen) atoms. The fourth-order valence-corrected chi connectivity index (χ4v) is 4.84. The molecule has 0 aliphatic carbocycles. The van der Waals surface area contributed by atoms with Crippen LogP contribution in [0.15, 0.2) is 59.7 Å². The van der Waals surface area contributed by atoms with E-state index in [0.29, 0.717) is 17.0 Å². The molecule has 0 spiro atoms. The van der Waals surface area contributed by atoms with Crippen molar-refractivity contribution in [2.24, 2.45) is 0 Å². The summed E-state index contributed by atoms with van der Waals surface area (Å²) in [5.41, 5.74) is 2.24. The van der Waals surface area contributed by atoms with E-state index in [1.165, 1.54) is 15.6 Å². The fraction of sp³-hybridized carbons (Fsp3) is 0.400. The highest BCUT2D eigenvalue weighted by Gasteiger charge is 2.25. The van der Waals surface area contributed by atoms with Crippen molar-refractivity contribution in [2.75, 3.05) is 37.6 Å². The van der Waals surface area contributed by atoms with Crippen LogP contribution in [0.2, 0.25) is 5.02 Å². The number of aliphatic hydroxyl groups is 1. The number of nitrogens with zero attached hydrogens (tertiary/aromatic N) is 5.